The molecule has 0 aromatic carbocycles. The van der Waals surface area contributed by atoms with Crippen LogP contribution in [0.2, 0.25) is 0 Å². The second kappa shape index (κ2) is 10.9. The van der Waals surface area contributed by atoms with E-state index in [1.165, 1.54) is 0 Å². The molecule has 0 atom stereocenters. The van der Waals surface area contributed by atoms with Crippen LogP contribution < -0.4 is 10.6 Å². The highest BCUT2D eigenvalue weighted by Crippen LogP contribution is 2.11. The molecule has 0 aromatic rings. The lowest BCUT2D eigenvalue weighted by atomic mass is 10.1. The molecule has 1 saturated heterocycles. The van der Waals surface area contributed by atoms with Gasteiger partial charge >= 0.3 is 6.09 Å². The zero-order chi connectivity index (χ0) is 17.1. The van der Waals surface area contributed by atoms with Crippen molar-refractivity contribution in [1.82, 2.24) is 15.5 Å². The highest BCUT2D eigenvalue weighted by atomic mass is 16.6. The topological polar surface area (TPSA) is 87.7 Å². The van der Waals surface area contributed by atoms with Crippen molar-refractivity contribution in [1.29, 1.82) is 0 Å². The van der Waals surface area contributed by atoms with Gasteiger partial charge in [0.2, 0.25) is 11.8 Å². The first-order valence-corrected chi connectivity index (χ1v) is 8.54. The predicted molar refractivity (Wildman–Crippen MR) is 86.9 cm³/mol. The van der Waals surface area contributed by atoms with Crippen LogP contribution in [0.4, 0.5) is 4.79 Å². The fraction of sp³-hybridized carbons (Fsp3) is 0.812. The summed E-state index contributed by atoms with van der Waals surface area (Å²) in [6.45, 7) is 5.99. The van der Waals surface area contributed by atoms with Crippen LogP contribution in [0.25, 0.3) is 0 Å². The van der Waals surface area contributed by atoms with Gasteiger partial charge in [0.05, 0.1) is 6.61 Å². The van der Waals surface area contributed by atoms with Gasteiger partial charge in [-0.25, -0.2) is 4.79 Å². The van der Waals surface area contributed by atoms with Gasteiger partial charge in [-0.3, -0.25) is 9.59 Å². The van der Waals surface area contributed by atoms with E-state index >= 15 is 0 Å². The summed E-state index contributed by atoms with van der Waals surface area (Å²) in [4.78, 5) is 36.7. The van der Waals surface area contributed by atoms with E-state index in [1.807, 2.05) is 0 Å². The molecule has 1 fully saturated rings. The molecule has 0 unspecified atom stereocenters. The average Bonchev–Trinajstić information content (AvgIpc) is 2.52. The Labute approximate surface area is 138 Å². The van der Waals surface area contributed by atoms with Crippen molar-refractivity contribution in [3.05, 3.63) is 0 Å². The number of hydrogen-bond donors (Lipinski definition) is 2. The van der Waals surface area contributed by atoms with Crippen molar-refractivity contribution >= 4 is 17.9 Å². The van der Waals surface area contributed by atoms with E-state index < -0.39 is 0 Å². The zero-order valence-corrected chi connectivity index (χ0v) is 14.2. The first-order chi connectivity index (χ1) is 11.1. The predicted octanol–water partition coefficient (Wildman–Crippen LogP) is 1.42. The van der Waals surface area contributed by atoms with Crippen molar-refractivity contribution in [2.45, 2.75) is 58.4 Å². The lowest BCUT2D eigenvalue weighted by Gasteiger charge is -2.31. The standard InChI is InChI=1S/C16H29N3O4/c1-3-5-6-9-17-14(20)12-15(21)18-13-7-10-19(11-8-13)16(22)23-4-2/h13H,3-12H2,1-2H3,(H,17,20)(H,18,21). The van der Waals surface area contributed by atoms with Gasteiger partial charge in [0.1, 0.15) is 6.42 Å². The monoisotopic (exact) mass is 327 g/mol. The molecule has 0 bridgehead atoms. The second-order valence-corrected chi connectivity index (χ2v) is 5.76. The summed E-state index contributed by atoms with van der Waals surface area (Å²) in [6, 6.07) is 0.0149. The third-order valence-corrected chi connectivity index (χ3v) is 3.81. The maximum atomic E-state index is 11.9. The van der Waals surface area contributed by atoms with E-state index in [2.05, 4.69) is 17.6 Å². The molecule has 1 heterocycles. The Hall–Kier alpha value is -1.79. The number of rotatable bonds is 8. The van der Waals surface area contributed by atoms with Crippen LogP contribution in [0.1, 0.15) is 52.4 Å². The minimum atomic E-state index is -0.302. The van der Waals surface area contributed by atoms with Crippen molar-refractivity contribution in [3.63, 3.8) is 0 Å². The fourth-order valence-corrected chi connectivity index (χ4v) is 2.51. The molecule has 132 valence electrons. The number of likely N-dealkylation sites (tertiary alicyclic amines) is 1. The number of nitrogens with zero attached hydrogens (tertiary/aromatic N) is 1. The van der Waals surface area contributed by atoms with Gasteiger partial charge in [-0.1, -0.05) is 19.8 Å². The lowest BCUT2D eigenvalue weighted by Crippen LogP contribution is -2.47. The van der Waals surface area contributed by atoms with E-state index in [0.29, 0.717) is 39.1 Å². The van der Waals surface area contributed by atoms with Crippen molar-refractivity contribution < 1.29 is 19.1 Å². The number of amides is 3. The number of ether oxygens (including phenoxy) is 1. The van der Waals surface area contributed by atoms with Gasteiger partial charge in [0.15, 0.2) is 0 Å². The van der Waals surface area contributed by atoms with Crippen molar-refractivity contribution in [3.8, 4) is 0 Å². The molecule has 0 radical (unpaired) electrons. The number of nitrogens with one attached hydrogen (secondary N) is 2. The Morgan fingerprint density at radius 2 is 1.78 bits per heavy atom. The maximum Gasteiger partial charge on any atom is 0.409 e. The van der Waals surface area contributed by atoms with Crippen LogP contribution in [-0.4, -0.2) is 55.1 Å². The minimum absolute atomic E-state index is 0.0149. The third kappa shape index (κ3) is 7.85. The molecule has 2 N–H and O–H groups in total. The van der Waals surface area contributed by atoms with Crippen LogP contribution >= 0.6 is 0 Å². The summed E-state index contributed by atoms with van der Waals surface area (Å²) in [5, 5.41) is 5.62. The van der Waals surface area contributed by atoms with Crippen LogP contribution in [0.15, 0.2) is 0 Å². The first-order valence-electron chi connectivity index (χ1n) is 8.54. The van der Waals surface area contributed by atoms with Gasteiger partial charge in [0.25, 0.3) is 0 Å². The SMILES string of the molecule is CCCCCNC(=O)CC(=O)NC1CCN(C(=O)OCC)CC1. The quantitative estimate of drug-likeness (QED) is 0.521. The third-order valence-electron chi connectivity index (χ3n) is 3.81. The van der Waals surface area contributed by atoms with Gasteiger partial charge in [-0.2, -0.15) is 0 Å². The van der Waals surface area contributed by atoms with E-state index in [9.17, 15) is 14.4 Å². The molecule has 7 nitrogen and oxygen atoms in total. The molecule has 0 saturated carbocycles. The average molecular weight is 327 g/mol. The van der Waals surface area contributed by atoms with E-state index in [1.54, 1.807) is 11.8 Å². The number of piperidine rings is 1. The van der Waals surface area contributed by atoms with Gasteiger partial charge < -0.3 is 20.3 Å². The normalized spacial score (nSPS) is 15.1. The van der Waals surface area contributed by atoms with Crippen LogP contribution in [0, 0.1) is 0 Å². The van der Waals surface area contributed by atoms with Gasteiger partial charge in [-0.15, -0.1) is 0 Å². The molecule has 1 aliphatic heterocycles. The molecule has 0 aliphatic carbocycles. The zero-order valence-electron chi connectivity index (χ0n) is 14.2. The lowest BCUT2D eigenvalue weighted by molar-refractivity contribution is -0.129. The molecular formula is C16H29N3O4. The molecule has 1 rings (SSSR count). The fourth-order valence-electron chi connectivity index (χ4n) is 2.51. The number of unbranched alkanes of at least 4 members (excludes halogenated alkanes) is 2. The highest BCUT2D eigenvalue weighted by Gasteiger charge is 2.24. The molecule has 0 spiro atoms. The summed E-state index contributed by atoms with van der Waals surface area (Å²) in [5.41, 5.74) is 0. The Balaban J connectivity index is 2.18. The summed E-state index contributed by atoms with van der Waals surface area (Å²) in [5.74, 6) is -0.491. The summed E-state index contributed by atoms with van der Waals surface area (Å²) in [7, 11) is 0. The van der Waals surface area contributed by atoms with Gasteiger partial charge in [-0.05, 0) is 26.2 Å². The van der Waals surface area contributed by atoms with Crippen LogP contribution in [0.5, 0.6) is 0 Å². The van der Waals surface area contributed by atoms with Crippen LogP contribution in [0.3, 0.4) is 0 Å². The summed E-state index contributed by atoms with van der Waals surface area (Å²) >= 11 is 0. The van der Waals surface area contributed by atoms with E-state index in [4.69, 9.17) is 4.74 Å². The summed E-state index contributed by atoms with van der Waals surface area (Å²) < 4.78 is 4.95. The van der Waals surface area contributed by atoms with Gasteiger partial charge in [0, 0.05) is 25.7 Å². The largest absolute Gasteiger partial charge is 0.450 e. The summed E-state index contributed by atoms with van der Waals surface area (Å²) in [6.07, 6.45) is 4.04. The van der Waals surface area contributed by atoms with Crippen LogP contribution in [-0.2, 0) is 14.3 Å². The molecule has 7 heteroatoms. The molecule has 1 aliphatic rings. The Morgan fingerprint density at radius 1 is 1.09 bits per heavy atom. The second-order valence-electron chi connectivity index (χ2n) is 5.76. The maximum absolute atomic E-state index is 11.9. The van der Waals surface area contributed by atoms with E-state index in [0.717, 1.165) is 19.3 Å². The van der Waals surface area contributed by atoms with Crippen molar-refractivity contribution in [2.75, 3.05) is 26.2 Å². The molecule has 0 aromatic heterocycles. The van der Waals surface area contributed by atoms with Crippen molar-refractivity contribution in [2.24, 2.45) is 0 Å². The number of carbonyl (C=O) groups is 3. The smallest absolute Gasteiger partial charge is 0.409 e. The Kier molecular flexibility index (Phi) is 9.09. The molecular weight excluding hydrogens is 298 g/mol. The minimum Gasteiger partial charge on any atom is -0.450 e. The number of hydrogen-bond acceptors (Lipinski definition) is 4. The highest BCUT2D eigenvalue weighted by molar-refractivity contribution is 5.96. The first kappa shape index (κ1) is 19.3. The Morgan fingerprint density at radius 3 is 2.39 bits per heavy atom. The molecule has 23 heavy (non-hydrogen) atoms. The number of carbonyl (C=O) groups excluding carboxylic acids is 3. The Bertz CT molecular complexity index is 393. The van der Waals surface area contributed by atoms with E-state index in [-0.39, 0.29) is 30.4 Å². The molecule has 3 amide bonds.